The molecule has 0 N–H and O–H groups in total. The zero-order chi connectivity index (χ0) is 24.6. The Labute approximate surface area is 204 Å². The number of ether oxygens (including phenoxy) is 4. The summed E-state index contributed by atoms with van der Waals surface area (Å²) in [4.78, 5) is 19.8. The third-order valence-corrected chi connectivity index (χ3v) is 5.43. The summed E-state index contributed by atoms with van der Waals surface area (Å²) < 4.78 is 21.7. The minimum absolute atomic E-state index is 0.396. The minimum atomic E-state index is 0.396. The number of hydrogen-bond donors (Lipinski definition) is 0. The second kappa shape index (κ2) is 11.1. The Balaban J connectivity index is 1.76. The van der Waals surface area contributed by atoms with Crippen molar-refractivity contribution in [1.82, 2.24) is 19.9 Å². The first-order valence-corrected chi connectivity index (χ1v) is 10.9. The number of benzene rings is 2. The topological polar surface area (TPSA) is 91.7 Å². The van der Waals surface area contributed by atoms with Gasteiger partial charge in [0.05, 0.1) is 40.2 Å². The number of aromatic nitrogens is 4. The molecule has 9 heteroatoms. The molecule has 0 aliphatic heterocycles. The van der Waals surface area contributed by atoms with Crippen molar-refractivity contribution in [2.24, 2.45) is 0 Å². The maximum Gasteiger partial charge on any atom is 0.227 e. The van der Waals surface area contributed by atoms with Crippen molar-refractivity contribution in [3.05, 3.63) is 78.4 Å². The lowest BCUT2D eigenvalue weighted by Gasteiger charge is -2.26. The fraction of sp³-hybridized carbons (Fsp3) is 0.231. The van der Waals surface area contributed by atoms with E-state index in [1.807, 2.05) is 48.5 Å². The second-order valence-electron chi connectivity index (χ2n) is 7.58. The van der Waals surface area contributed by atoms with E-state index in [9.17, 15) is 0 Å². The Bertz CT molecular complexity index is 1200. The van der Waals surface area contributed by atoms with Gasteiger partial charge >= 0.3 is 0 Å². The van der Waals surface area contributed by atoms with Crippen LogP contribution >= 0.6 is 0 Å². The van der Waals surface area contributed by atoms with Crippen LogP contribution in [0.4, 0.5) is 5.82 Å². The van der Waals surface area contributed by atoms with Crippen LogP contribution in [0.5, 0.6) is 23.1 Å². The summed E-state index contributed by atoms with van der Waals surface area (Å²) in [6.45, 7) is 1.15. The van der Waals surface area contributed by atoms with Gasteiger partial charge in [-0.05, 0) is 35.4 Å². The molecule has 0 fully saturated rings. The quantitative estimate of drug-likeness (QED) is 0.336. The lowest BCUT2D eigenvalue weighted by Crippen LogP contribution is -2.24. The molecule has 0 unspecified atom stereocenters. The van der Waals surface area contributed by atoms with Crippen LogP contribution in [-0.2, 0) is 13.1 Å². The van der Waals surface area contributed by atoms with E-state index in [-0.39, 0.29) is 0 Å². The van der Waals surface area contributed by atoms with Crippen LogP contribution in [0.15, 0.2) is 67.3 Å². The number of rotatable bonds is 10. The van der Waals surface area contributed by atoms with E-state index >= 15 is 0 Å². The molecule has 0 saturated carbocycles. The standard InChI is InChI=1S/C26H27N5O4/c1-32-20-9-5-18(6-10-20)15-31(16-19-7-11-21(33-2)12-8-19)25-23(34-3)14-28-24(30-25)22-13-27-17-29-26(22)35-4/h5-14,17H,15-16H2,1-4H3. The van der Waals surface area contributed by atoms with Crippen molar-refractivity contribution in [3.63, 3.8) is 0 Å². The van der Waals surface area contributed by atoms with Gasteiger partial charge < -0.3 is 23.8 Å². The van der Waals surface area contributed by atoms with Crippen LogP contribution in [0, 0.1) is 0 Å². The molecule has 0 bridgehead atoms. The number of anilines is 1. The van der Waals surface area contributed by atoms with Crippen molar-refractivity contribution in [2.45, 2.75) is 13.1 Å². The van der Waals surface area contributed by atoms with Crippen molar-refractivity contribution >= 4 is 5.82 Å². The Morgan fingerprint density at radius 2 is 1.29 bits per heavy atom. The second-order valence-corrected chi connectivity index (χ2v) is 7.58. The van der Waals surface area contributed by atoms with Crippen LogP contribution in [0.1, 0.15) is 11.1 Å². The number of hydrogen-bond acceptors (Lipinski definition) is 9. The molecule has 4 aromatic rings. The van der Waals surface area contributed by atoms with Gasteiger partial charge in [-0.1, -0.05) is 24.3 Å². The summed E-state index contributed by atoms with van der Waals surface area (Å²) >= 11 is 0. The molecule has 9 nitrogen and oxygen atoms in total. The highest BCUT2D eigenvalue weighted by Gasteiger charge is 2.20. The smallest absolute Gasteiger partial charge is 0.227 e. The molecule has 2 aromatic heterocycles. The van der Waals surface area contributed by atoms with Gasteiger partial charge in [-0.3, -0.25) is 0 Å². The highest BCUT2D eigenvalue weighted by atomic mass is 16.5. The lowest BCUT2D eigenvalue weighted by molar-refractivity contribution is 0.398. The minimum Gasteiger partial charge on any atom is -0.497 e. The summed E-state index contributed by atoms with van der Waals surface area (Å²) in [5.74, 6) is 3.62. The maximum absolute atomic E-state index is 5.65. The van der Waals surface area contributed by atoms with Crippen molar-refractivity contribution in [2.75, 3.05) is 33.3 Å². The highest BCUT2D eigenvalue weighted by molar-refractivity contribution is 5.64. The fourth-order valence-corrected chi connectivity index (χ4v) is 3.60. The summed E-state index contributed by atoms with van der Waals surface area (Å²) in [6, 6.07) is 15.9. The number of methoxy groups -OCH3 is 4. The van der Waals surface area contributed by atoms with Gasteiger partial charge in [0.2, 0.25) is 5.88 Å². The van der Waals surface area contributed by atoms with Crippen LogP contribution in [-0.4, -0.2) is 48.4 Å². The largest absolute Gasteiger partial charge is 0.497 e. The van der Waals surface area contributed by atoms with E-state index in [1.165, 1.54) is 6.33 Å². The Morgan fingerprint density at radius 1 is 0.686 bits per heavy atom. The lowest BCUT2D eigenvalue weighted by atomic mass is 10.1. The predicted molar refractivity (Wildman–Crippen MR) is 132 cm³/mol. The van der Waals surface area contributed by atoms with Gasteiger partial charge in [0, 0.05) is 19.3 Å². The maximum atomic E-state index is 5.65. The van der Waals surface area contributed by atoms with Crippen LogP contribution < -0.4 is 23.8 Å². The molecule has 4 rings (SSSR count). The van der Waals surface area contributed by atoms with Gasteiger partial charge in [-0.2, -0.15) is 0 Å². The average Bonchev–Trinajstić information content (AvgIpc) is 2.93. The van der Waals surface area contributed by atoms with Crippen LogP contribution in [0.25, 0.3) is 11.4 Å². The molecule has 0 atom stereocenters. The molecular weight excluding hydrogens is 446 g/mol. The average molecular weight is 474 g/mol. The Hall–Kier alpha value is -4.40. The molecular formula is C26H27N5O4. The fourth-order valence-electron chi connectivity index (χ4n) is 3.60. The SMILES string of the molecule is COc1ccc(CN(Cc2ccc(OC)cc2)c2nc(-c3cncnc3OC)ncc2OC)cc1. The van der Waals surface area contributed by atoms with E-state index in [4.69, 9.17) is 23.9 Å². The first-order valence-electron chi connectivity index (χ1n) is 10.9. The Morgan fingerprint density at radius 3 is 1.80 bits per heavy atom. The van der Waals surface area contributed by atoms with Crippen molar-refractivity contribution < 1.29 is 18.9 Å². The zero-order valence-electron chi connectivity index (χ0n) is 20.1. The molecule has 180 valence electrons. The molecule has 0 amide bonds. The van der Waals surface area contributed by atoms with E-state index in [0.717, 1.165) is 22.6 Å². The molecule has 0 saturated heterocycles. The first-order chi connectivity index (χ1) is 17.1. The van der Waals surface area contributed by atoms with Gasteiger partial charge in [0.25, 0.3) is 0 Å². The van der Waals surface area contributed by atoms with Crippen LogP contribution in [0.2, 0.25) is 0 Å². The molecule has 35 heavy (non-hydrogen) atoms. The first kappa shape index (κ1) is 23.7. The van der Waals surface area contributed by atoms with Crippen molar-refractivity contribution in [3.8, 4) is 34.5 Å². The summed E-state index contributed by atoms with van der Waals surface area (Å²) in [5, 5.41) is 0. The molecule has 0 spiro atoms. The van der Waals surface area contributed by atoms with Crippen molar-refractivity contribution in [1.29, 1.82) is 0 Å². The van der Waals surface area contributed by atoms with E-state index < -0.39 is 0 Å². The third-order valence-electron chi connectivity index (χ3n) is 5.43. The monoisotopic (exact) mass is 473 g/mol. The summed E-state index contributed by atoms with van der Waals surface area (Å²) in [5.41, 5.74) is 2.76. The molecule has 0 aliphatic carbocycles. The van der Waals surface area contributed by atoms with Gasteiger partial charge in [0.15, 0.2) is 17.4 Å². The van der Waals surface area contributed by atoms with Crippen LogP contribution in [0.3, 0.4) is 0 Å². The normalized spacial score (nSPS) is 10.5. The summed E-state index contributed by atoms with van der Waals surface area (Å²) in [6.07, 6.45) is 4.71. The molecule has 2 aromatic carbocycles. The van der Waals surface area contributed by atoms with E-state index in [1.54, 1.807) is 40.8 Å². The predicted octanol–water partition coefficient (Wildman–Crippen LogP) is 4.17. The van der Waals surface area contributed by atoms with E-state index in [2.05, 4.69) is 19.9 Å². The molecule has 0 aliphatic rings. The highest BCUT2D eigenvalue weighted by Crippen LogP contribution is 2.32. The summed E-state index contributed by atoms with van der Waals surface area (Å²) in [7, 11) is 6.46. The van der Waals surface area contributed by atoms with E-state index in [0.29, 0.717) is 41.9 Å². The molecule has 2 heterocycles. The van der Waals surface area contributed by atoms with Gasteiger partial charge in [-0.25, -0.2) is 19.9 Å². The van der Waals surface area contributed by atoms with Gasteiger partial charge in [-0.15, -0.1) is 0 Å². The third kappa shape index (κ3) is 5.57. The molecule has 0 radical (unpaired) electrons. The zero-order valence-corrected chi connectivity index (χ0v) is 20.1. The van der Waals surface area contributed by atoms with Gasteiger partial charge in [0.1, 0.15) is 17.8 Å². The number of nitrogens with zero attached hydrogens (tertiary/aromatic N) is 5. The Kier molecular flexibility index (Phi) is 7.57.